The molecule has 0 bridgehead atoms. The number of rotatable bonds is 2. The molecule has 5 rings (SSSR count). The first-order valence-electron chi connectivity index (χ1n) is 8.91. The van der Waals surface area contributed by atoms with Crippen molar-refractivity contribution in [2.24, 2.45) is 0 Å². The fraction of sp³-hybridized carbons (Fsp3) is 0.190. The van der Waals surface area contributed by atoms with Crippen LogP contribution in [0.4, 0.5) is 16.2 Å². The van der Waals surface area contributed by atoms with Gasteiger partial charge in [-0.15, -0.1) is 0 Å². The number of fused-ring (bicyclic) bond motifs is 2. The molecular formula is C21H18N2O3S. The highest BCUT2D eigenvalue weighted by atomic mass is 32.2. The van der Waals surface area contributed by atoms with Gasteiger partial charge in [-0.05, 0) is 23.6 Å². The maximum Gasteiger partial charge on any atom is 0.329 e. The average Bonchev–Trinajstić information content (AvgIpc) is 3.10. The van der Waals surface area contributed by atoms with Gasteiger partial charge in [0.05, 0.1) is 29.3 Å². The van der Waals surface area contributed by atoms with E-state index in [2.05, 4.69) is 0 Å². The minimum Gasteiger partial charge on any atom is -0.288 e. The number of hydrogen-bond donors (Lipinski definition) is 0. The van der Waals surface area contributed by atoms with Crippen LogP contribution < -0.4 is 9.80 Å². The van der Waals surface area contributed by atoms with Gasteiger partial charge in [0, 0.05) is 11.1 Å². The minimum atomic E-state index is -3.20. The molecule has 0 aliphatic carbocycles. The van der Waals surface area contributed by atoms with E-state index < -0.39 is 9.84 Å². The monoisotopic (exact) mass is 378 g/mol. The Balaban J connectivity index is 1.69. The van der Waals surface area contributed by atoms with E-state index in [9.17, 15) is 13.2 Å². The number of para-hydroxylation sites is 1. The molecule has 2 aliphatic rings. The quantitative estimate of drug-likeness (QED) is 0.642. The van der Waals surface area contributed by atoms with E-state index in [0.717, 1.165) is 22.1 Å². The predicted molar refractivity (Wildman–Crippen MR) is 107 cm³/mol. The van der Waals surface area contributed by atoms with E-state index in [0.29, 0.717) is 0 Å². The van der Waals surface area contributed by atoms with Crippen LogP contribution in [0.15, 0.2) is 72.8 Å². The van der Waals surface area contributed by atoms with E-state index in [4.69, 9.17) is 0 Å². The van der Waals surface area contributed by atoms with Crippen LogP contribution in [0.5, 0.6) is 0 Å². The van der Waals surface area contributed by atoms with Crippen molar-refractivity contribution in [3.05, 3.63) is 72.8 Å². The predicted octanol–water partition coefficient (Wildman–Crippen LogP) is 3.45. The van der Waals surface area contributed by atoms with Gasteiger partial charge in [0.15, 0.2) is 9.84 Å². The van der Waals surface area contributed by atoms with Crippen molar-refractivity contribution in [1.82, 2.24) is 0 Å². The molecule has 0 aromatic heterocycles. The number of carbonyl (C=O) groups excluding carboxylic acids is 1. The number of amides is 2. The Bertz CT molecular complexity index is 1140. The molecule has 6 heteroatoms. The zero-order valence-electron chi connectivity index (χ0n) is 14.5. The normalized spacial score (nSPS) is 23.8. The number of carbonyl (C=O) groups is 1. The first kappa shape index (κ1) is 16.3. The molecule has 0 unspecified atom stereocenters. The zero-order chi connectivity index (χ0) is 18.6. The van der Waals surface area contributed by atoms with Crippen LogP contribution in [-0.4, -0.2) is 38.0 Å². The van der Waals surface area contributed by atoms with E-state index in [-0.39, 0.29) is 29.6 Å². The van der Waals surface area contributed by atoms with Gasteiger partial charge in [0.25, 0.3) is 0 Å². The third-order valence-electron chi connectivity index (χ3n) is 5.43. The second-order valence-corrected chi connectivity index (χ2v) is 9.22. The van der Waals surface area contributed by atoms with Crippen molar-refractivity contribution in [2.75, 3.05) is 21.3 Å². The van der Waals surface area contributed by atoms with E-state index in [1.54, 1.807) is 9.80 Å². The summed E-state index contributed by atoms with van der Waals surface area (Å²) in [6, 6.07) is 22.1. The van der Waals surface area contributed by atoms with Gasteiger partial charge in [-0.2, -0.15) is 0 Å². The summed E-state index contributed by atoms with van der Waals surface area (Å²) >= 11 is 0. The fourth-order valence-electron chi connectivity index (χ4n) is 4.29. The summed E-state index contributed by atoms with van der Waals surface area (Å²) in [6.45, 7) is 0. The van der Waals surface area contributed by atoms with Gasteiger partial charge < -0.3 is 0 Å². The minimum absolute atomic E-state index is 0.000430. The van der Waals surface area contributed by atoms with Crippen LogP contribution in [-0.2, 0) is 9.84 Å². The second-order valence-electron chi connectivity index (χ2n) is 7.07. The number of urea groups is 1. The van der Waals surface area contributed by atoms with Crippen LogP contribution in [0.25, 0.3) is 10.8 Å². The van der Waals surface area contributed by atoms with Gasteiger partial charge in [-0.1, -0.05) is 54.6 Å². The Labute approximate surface area is 157 Å². The molecule has 0 radical (unpaired) electrons. The lowest BCUT2D eigenvalue weighted by Gasteiger charge is -2.24. The number of hydrogen-bond acceptors (Lipinski definition) is 3. The fourth-order valence-corrected chi connectivity index (χ4v) is 6.21. The topological polar surface area (TPSA) is 57.7 Å². The third-order valence-corrected chi connectivity index (χ3v) is 7.13. The smallest absolute Gasteiger partial charge is 0.288 e. The van der Waals surface area contributed by atoms with Gasteiger partial charge >= 0.3 is 6.03 Å². The summed E-state index contributed by atoms with van der Waals surface area (Å²) in [5, 5.41) is 1.98. The molecule has 2 heterocycles. The number of anilines is 2. The van der Waals surface area contributed by atoms with Crippen molar-refractivity contribution in [3.8, 4) is 0 Å². The molecule has 27 heavy (non-hydrogen) atoms. The average molecular weight is 378 g/mol. The van der Waals surface area contributed by atoms with Gasteiger partial charge in [0.2, 0.25) is 0 Å². The first-order valence-corrected chi connectivity index (χ1v) is 10.7. The Kier molecular flexibility index (Phi) is 3.52. The molecular weight excluding hydrogens is 360 g/mol. The Morgan fingerprint density at radius 2 is 1.37 bits per heavy atom. The zero-order valence-corrected chi connectivity index (χ0v) is 15.3. The SMILES string of the molecule is O=C1N(c2ccccc2)[C@@H]2CS(=O)(=O)C[C@@H]2N1c1cccc2ccccc12. The maximum absolute atomic E-state index is 13.4. The van der Waals surface area contributed by atoms with Gasteiger partial charge in [-0.3, -0.25) is 9.80 Å². The van der Waals surface area contributed by atoms with Crippen LogP contribution >= 0.6 is 0 Å². The largest absolute Gasteiger partial charge is 0.329 e. The molecule has 5 nitrogen and oxygen atoms in total. The molecule has 0 saturated carbocycles. The molecule has 136 valence electrons. The van der Waals surface area contributed by atoms with Crippen LogP contribution in [0.2, 0.25) is 0 Å². The Morgan fingerprint density at radius 3 is 2.15 bits per heavy atom. The van der Waals surface area contributed by atoms with Crippen molar-refractivity contribution in [2.45, 2.75) is 12.1 Å². The van der Waals surface area contributed by atoms with Crippen LogP contribution in [0, 0.1) is 0 Å². The van der Waals surface area contributed by atoms with Crippen molar-refractivity contribution in [3.63, 3.8) is 0 Å². The first-order chi connectivity index (χ1) is 13.1. The molecule has 2 aliphatic heterocycles. The second kappa shape index (κ2) is 5.82. The lowest BCUT2D eigenvalue weighted by atomic mass is 10.1. The van der Waals surface area contributed by atoms with Crippen LogP contribution in [0.3, 0.4) is 0 Å². The van der Waals surface area contributed by atoms with Crippen molar-refractivity contribution >= 4 is 38.0 Å². The lowest BCUT2D eigenvalue weighted by molar-refractivity contribution is 0.255. The molecule has 3 aromatic rings. The van der Waals surface area contributed by atoms with E-state index in [1.165, 1.54) is 0 Å². The lowest BCUT2D eigenvalue weighted by Crippen LogP contribution is -2.38. The summed E-state index contributed by atoms with van der Waals surface area (Å²) in [7, 11) is -3.20. The molecule has 3 aromatic carbocycles. The molecule has 0 N–H and O–H groups in total. The van der Waals surface area contributed by atoms with E-state index in [1.807, 2.05) is 72.8 Å². The molecule has 2 atom stereocenters. The highest BCUT2D eigenvalue weighted by Gasteiger charge is 2.54. The van der Waals surface area contributed by atoms with Crippen LogP contribution in [0.1, 0.15) is 0 Å². The maximum atomic E-state index is 13.4. The summed E-state index contributed by atoms with van der Waals surface area (Å²) in [6.07, 6.45) is 0. The molecule has 2 saturated heterocycles. The number of sulfone groups is 1. The summed E-state index contributed by atoms with van der Waals surface area (Å²) in [4.78, 5) is 16.8. The number of nitrogens with zero attached hydrogens (tertiary/aromatic N) is 2. The van der Waals surface area contributed by atoms with Gasteiger partial charge in [0.1, 0.15) is 0 Å². The number of benzene rings is 3. The summed E-state index contributed by atoms with van der Waals surface area (Å²) < 4.78 is 24.8. The molecule has 2 fully saturated rings. The molecule has 2 amide bonds. The highest BCUT2D eigenvalue weighted by molar-refractivity contribution is 7.91. The summed E-state index contributed by atoms with van der Waals surface area (Å²) in [5.74, 6) is -0.00444. The van der Waals surface area contributed by atoms with E-state index >= 15 is 0 Å². The van der Waals surface area contributed by atoms with Crippen molar-refractivity contribution < 1.29 is 13.2 Å². The van der Waals surface area contributed by atoms with Gasteiger partial charge in [-0.25, -0.2) is 13.2 Å². The Morgan fingerprint density at radius 1 is 0.741 bits per heavy atom. The summed E-state index contributed by atoms with van der Waals surface area (Å²) in [5.41, 5.74) is 1.50. The Hall–Kier alpha value is -2.86. The standard InChI is InChI=1S/C21H18N2O3S/c24-21-22(16-9-2-1-3-10-16)19-13-27(25,26)14-20(19)23(21)18-12-6-8-15-7-4-5-11-17(15)18/h1-12,19-20H,13-14H2/t19-,20+/m1/s1. The third kappa shape index (κ3) is 2.51. The van der Waals surface area contributed by atoms with Crippen molar-refractivity contribution in [1.29, 1.82) is 0 Å². The molecule has 0 spiro atoms. The highest BCUT2D eigenvalue weighted by Crippen LogP contribution is 2.40.